The zero-order valence-electron chi connectivity index (χ0n) is 10.2. The summed E-state index contributed by atoms with van der Waals surface area (Å²) < 4.78 is 0. The number of aryl methyl sites for hydroxylation is 2. The standard InChI is InChI=1S/C12H17N3O2/c1-8-10(7-11(16)17)9(2)14-12(13-8)15-5-3-4-6-15/h3-7H2,1-2H3,(H,16,17). The van der Waals surface area contributed by atoms with Gasteiger partial charge < -0.3 is 10.0 Å². The molecule has 1 aliphatic heterocycles. The molecule has 0 aliphatic carbocycles. The van der Waals surface area contributed by atoms with E-state index >= 15 is 0 Å². The lowest BCUT2D eigenvalue weighted by Crippen LogP contribution is -2.22. The second-order valence-corrected chi connectivity index (χ2v) is 4.44. The third-order valence-corrected chi connectivity index (χ3v) is 3.13. The Kier molecular flexibility index (Phi) is 3.26. The fraction of sp³-hybridized carbons (Fsp3) is 0.583. The van der Waals surface area contributed by atoms with Gasteiger partial charge in [-0.15, -0.1) is 0 Å². The van der Waals surface area contributed by atoms with Crippen molar-refractivity contribution >= 4 is 11.9 Å². The van der Waals surface area contributed by atoms with Gasteiger partial charge in [-0.05, 0) is 26.7 Å². The topological polar surface area (TPSA) is 66.3 Å². The lowest BCUT2D eigenvalue weighted by atomic mass is 10.1. The highest BCUT2D eigenvalue weighted by atomic mass is 16.4. The summed E-state index contributed by atoms with van der Waals surface area (Å²) in [5.74, 6) is -0.0969. The van der Waals surface area contributed by atoms with Gasteiger partial charge in [-0.3, -0.25) is 4.79 Å². The number of carboxylic acids is 1. The molecule has 5 heteroatoms. The average molecular weight is 235 g/mol. The van der Waals surface area contributed by atoms with E-state index in [4.69, 9.17) is 5.11 Å². The maximum absolute atomic E-state index is 10.7. The second-order valence-electron chi connectivity index (χ2n) is 4.44. The number of anilines is 1. The van der Waals surface area contributed by atoms with Gasteiger partial charge in [0.1, 0.15) is 0 Å². The van der Waals surface area contributed by atoms with Crippen LogP contribution in [0.2, 0.25) is 0 Å². The molecule has 0 spiro atoms. The summed E-state index contributed by atoms with van der Waals surface area (Å²) in [6.07, 6.45) is 2.36. The highest BCUT2D eigenvalue weighted by Gasteiger charge is 2.18. The van der Waals surface area contributed by atoms with E-state index in [1.165, 1.54) is 12.8 Å². The van der Waals surface area contributed by atoms with E-state index in [0.717, 1.165) is 36.0 Å². The summed E-state index contributed by atoms with van der Waals surface area (Å²) in [6, 6.07) is 0. The number of rotatable bonds is 3. The molecule has 1 aromatic heterocycles. The third kappa shape index (κ3) is 2.54. The number of carboxylic acid groups (broad SMARTS) is 1. The molecule has 1 aromatic rings. The summed E-state index contributed by atoms with van der Waals surface area (Å²) in [5, 5.41) is 8.83. The predicted molar refractivity (Wildman–Crippen MR) is 64.3 cm³/mol. The molecule has 2 heterocycles. The monoisotopic (exact) mass is 235 g/mol. The van der Waals surface area contributed by atoms with Crippen LogP contribution in [0, 0.1) is 13.8 Å². The number of hydrogen-bond donors (Lipinski definition) is 1. The van der Waals surface area contributed by atoms with E-state index in [-0.39, 0.29) is 6.42 Å². The van der Waals surface area contributed by atoms with Crippen LogP contribution in [-0.4, -0.2) is 34.1 Å². The largest absolute Gasteiger partial charge is 0.481 e. The van der Waals surface area contributed by atoms with Crippen LogP contribution in [0.5, 0.6) is 0 Å². The van der Waals surface area contributed by atoms with Gasteiger partial charge in [-0.2, -0.15) is 0 Å². The molecule has 1 N–H and O–H groups in total. The Balaban J connectivity index is 2.30. The molecule has 0 unspecified atom stereocenters. The minimum atomic E-state index is -0.839. The molecule has 1 saturated heterocycles. The SMILES string of the molecule is Cc1nc(N2CCCC2)nc(C)c1CC(=O)O. The maximum atomic E-state index is 10.7. The Hall–Kier alpha value is -1.65. The lowest BCUT2D eigenvalue weighted by molar-refractivity contribution is -0.136. The Morgan fingerprint density at radius 1 is 1.24 bits per heavy atom. The third-order valence-electron chi connectivity index (χ3n) is 3.13. The van der Waals surface area contributed by atoms with Crippen molar-refractivity contribution in [1.82, 2.24) is 9.97 Å². The van der Waals surface area contributed by atoms with Gasteiger partial charge in [0.25, 0.3) is 0 Å². The van der Waals surface area contributed by atoms with Crippen molar-refractivity contribution in [3.05, 3.63) is 17.0 Å². The molecule has 1 fully saturated rings. The number of aromatic nitrogens is 2. The van der Waals surface area contributed by atoms with Crippen LogP contribution < -0.4 is 4.90 Å². The van der Waals surface area contributed by atoms with Crippen LogP contribution in [0.15, 0.2) is 0 Å². The van der Waals surface area contributed by atoms with E-state index in [1.54, 1.807) is 0 Å². The summed E-state index contributed by atoms with van der Waals surface area (Å²) in [7, 11) is 0. The molecule has 17 heavy (non-hydrogen) atoms. The first-order valence-corrected chi connectivity index (χ1v) is 5.89. The molecule has 2 rings (SSSR count). The highest BCUT2D eigenvalue weighted by Crippen LogP contribution is 2.19. The van der Waals surface area contributed by atoms with Gasteiger partial charge in [0, 0.05) is 30.0 Å². The molecular formula is C12H17N3O2. The quantitative estimate of drug-likeness (QED) is 0.856. The van der Waals surface area contributed by atoms with Gasteiger partial charge in [-0.25, -0.2) is 9.97 Å². The Morgan fingerprint density at radius 3 is 2.24 bits per heavy atom. The highest BCUT2D eigenvalue weighted by molar-refractivity contribution is 5.71. The van der Waals surface area contributed by atoms with Gasteiger partial charge in [0.15, 0.2) is 0 Å². The maximum Gasteiger partial charge on any atom is 0.307 e. The molecule has 0 radical (unpaired) electrons. The molecule has 0 aromatic carbocycles. The average Bonchev–Trinajstić information content (AvgIpc) is 2.76. The van der Waals surface area contributed by atoms with Crippen LogP contribution in [-0.2, 0) is 11.2 Å². The van der Waals surface area contributed by atoms with Crippen LogP contribution in [0.1, 0.15) is 29.8 Å². The molecule has 92 valence electrons. The van der Waals surface area contributed by atoms with Gasteiger partial charge in [-0.1, -0.05) is 0 Å². The molecule has 1 aliphatic rings. The van der Waals surface area contributed by atoms with E-state index in [2.05, 4.69) is 14.9 Å². The van der Waals surface area contributed by atoms with E-state index in [9.17, 15) is 4.79 Å². The number of nitrogens with zero attached hydrogens (tertiary/aromatic N) is 3. The lowest BCUT2D eigenvalue weighted by Gasteiger charge is -2.17. The first kappa shape index (κ1) is 11.8. The normalized spacial score (nSPS) is 15.3. The molecular weight excluding hydrogens is 218 g/mol. The summed E-state index contributed by atoms with van der Waals surface area (Å²) >= 11 is 0. The minimum Gasteiger partial charge on any atom is -0.481 e. The van der Waals surface area contributed by atoms with Crippen molar-refractivity contribution in [2.24, 2.45) is 0 Å². The molecule has 0 bridgehead atoms. The number of aliphatic carboxylic acids is 1. The second kappa shape index (κ2) is 4.69. The van der Waals surface area contributed by atoms with E-state index in [1.807, 2.05) is 13.8 Å². The molecule has 0 amide bonds. The van der Waals surface area contributed by atoms with Gasteiger partial charge in [0.05, 0.1) is 6.42 Å². The smallest absolute Gasteiger partial charge is 0.307 e. The van der Waals surface area contributed by atoms with Gasteiger partial charge >= 0.3 is 5.97 Å². The Morgan fingerprint density at radius 2 is 1.76 bits per heavy atom. The molecule has 5 nitrogen and oxygen atoms in total. The van der Waals surface area contributed by atoms with Crippen LogP contribution in [0.4, 0.5) is 5.95 Å². The van der Waals surface area contributed by atoms with Crippen molar-refractivity contribution in [3.63, 3.8) is 0 Å². The summed E-state index contributed by atoms with van der Waals surface area (Å²) in [5.41, 5.74) is 2.30. The van der Waals surface area contributed by atoms with E-state index < -0.39 is 5.97 Å². The van der Waals surface area contributed by atoms with E-state index in [0.29, 0.717) is 0 Å². The summed E-state index contributed by atoms with van der Waals surface area (Å²) in [6.45, 7) is 5.70. The van der Waals surface area contributed by atoms with Crippen LogP contribution in [0.3, 0.4) is 0 Å². The predicted octanol–water partition coefficient (Wildman–Crippen LogP) is 1.32. The van der Waals surface area contributed by atoms with Crippen molar-refractivity contribution < 1.29 is 9.90 Å². The van der Waals surface area contributed by atoms with Crippen molar-refractivity contribution in [3.8, 4) is 0 Å². The minimum absolute atomic E-state index is 0.00204. The fourth-order valence-electron chi connectivity index (χ4n) is 2.19. The van der Waals surface area contributed by atoms with Crippen LogP contribution >= 0.6 is 0 Å². The van der Waals surface area contributed by atoms with Crippen molar-refractivity contribution in [2.45, 2.75) is 33.1 Å². The number of hydrogen-bond acceptors (Lipinski definition) is 4. The zero-order chi connectivity index (χ0) is 12.4. The van der Waals surface area contributed by atoms with Crippen molar-refractivity contribution in [1.29, 1.82) is 0 Å². The fourth-order valence-corrected chi connectivity index (χ4v) is 2.19. The Bertz CT molecular complexity index is 416. The molecule has 0 atom stereocenters. The first-order valence-electron chi connectivity index (χ1n) is 5.89. The van der Waals surface area contributed by atoms with Gasteiger partial charge in [0.2, 0.25) is 5.95 Å². The molecule has 0 saturated carbocycles. The summed E-state index contributed by atoms with van der Waals surface area (Å²) in [4.78, 5) is 21.7. The van der Waals surface area contributed by atoms with Crippen LogP contribution in [0.25, 0.3) is 0 Å². The number of carbonyl (C=O) groups is 1. The van der Waals surface area contributed by atoms with Crippen molar-refractivity contribution in [2.75, 3.05) is 18.0 Å². The Labute approximate surface area is 100 Å². The zero-order valence-corrected chi connectivity index (χ0v) is 10.2. The first-order chi connectivity index (χ1) is 8.08.